The first-order valence-corrected chi connectivity index (χ1v) is 6.65. The zero-order valence-electron chi connectivity index (χ0n) is 11.0. The maximum Gasteiger partial charge on any atom is 0.0481 e. The van der Waals surface area contributed by atoms with Crippen LogP contribution in [0.15, 0.2) is 30.3 Å². The fourth-order valence-corrected chi connectivity index (χ4v) is 3.17. The molecule has 1 atom stereocenters. The lowest BCUT2D eigenvalue weighted by molar-refractivity contribution is 0.0713. The van der Waals surface area contributed by atoms with Crippen LogP contribution in [0.4, 0.5) is 0 Å². The third-order valence-corrected chi connectivity index (χ3v) is 4.35. The van der Waals surface area contributed by atoms with Gasteiger partial charge in [0, 0.05) is 11.6 Å². The molecule has 0 spiro atoms. The van der Waals surface area contributed by atoms with Crippen molar-refractivity contribution >= 4 is 0 Å². The van der Waals surface area contributed by atoms with Crippen molar-refractivity contribution in [2.45, 2.75) is 43.7 Å². The van der Waals surface area contributed by atoms with Crippen molar-refractivity contribution in [1.82, 2.24) is 4.90 Å². The quantitative estimate of drug-likeness (QED) is 0.868. The molecule has 1 aliphatic carbocycles. The van der Waals surface area contributed by atoms with Crippen molar-refractivity contribution in [1.29, 1.82) is 0 Å². The van der Waals surface area contributed by atoms with Gasteiger partial charge in [-0.25, -0.2) is 0 Å². The van der Waals surface area contributed by atoms with E-state index in [1.165, 1.54) is 37.7 Å². The Bertz CT molecular complexity index is 339. The van der Waals surface area contributed by atoms with Crippen molar-refractivity contribution < 1.29 is 0 Å². The predicted octanol–water partition coefficient (Wildman–Crippen LogP) is 2.95. The van der Waals surface area contributed by atoms with Crippen LogP contribution in [0.1, 0.15) is 43.7 Å². The normalized spacial score (nSPS) is 21.4. The molecule has 2 nitrogen and oxygen atoms in total. The fourth-order valence-electron chi connectivity index (χ4n) is 3.17. The Labute approximate surface area is 105 Å². The zero-order valence-corrected chi connectivity index (χ0v) is 11.0. The number of rotatable bonds is 3. The Morgan fingerprint density at radius 2 is 1.65 bits per heavy atom. The molecule has 0 aliphatic heterocycles. The molecule has 0 aromatic heterocycles. The second kappa shape index (κ2) is 5.19. The summed E-state index contributed by atoms with van der Waals surface area (Å²) in [5.41, 5.74) is 7.98. The first-order chi connectivity index (χ1) is 8.17. The van der Waals surface area contributed by atoms with E-state index in [9.17, 15) is 0 Å². The topological polar surface area (TPSA) is 29.3 Å². The van der Waals surface area contributed by atoms with Crippen LogP contribution in [-0.4, -0.2) is 24.5 Å². The monoisotopic (exact) mass is 232 g/mol. The average molecular weight is 232 g/mol. The van der Waals surface area contributed by atoms with E-state index in [1.54, 1.807) is 0 Å². The molecule has 17 heavy (non-hydrogen) atoms. The number of nitrogens with zero attached hydrogens (tertiary/aromatic N) is 1. The van der Waals surface area contributed by atoms with Gasteiger partial charge in [-0.15, -0.1) is 0 Å². The number of likely N-dealkylation sites (N-methyl/N-ethyl adjacent to an activating group) is 1. The molecule has 0 bridgehead atoms. The highest BCUT2D eigenvalue weighted by atomic mass is 15.2. The van der Waals surface area contributed by atoms with E-state index >= 15 is 0 Å². The van der Waals surface area contributed by atoms with Crippen LogP contribution in [0.5, 0.6) is 0 Å². The fraction of sp³-hybridized carbons (Fsp3) is 0.600. The van der Waals surface area contributed by atoms with E-state index in [-0.39, 0.29) is 11.6 Å². The van der Waals surface area contributed by atoms with Crippen LogP contribution in [-0.2, 0) is 0 Å². The minimum absolute atomic E-state index is 0.124. The molecule has 1 saturated carbocycles. The predicted molar refractivity (Wildman–Crippen MR) is 72.9 cm³/mol. The molecular weight excluding hydrogens is 208 g/mol. The molecule has 1 aromatic carbocycles. The van der Waals surface area contributed by atoms with E-state index in [0.29, 0.717) is 0 Å². The van der Waals surface area contributed by atoms with E-state index in [2.05, 4.69) is 49.3 Å². The lowest BCUT2D eigenvalue weighted by Crippen LogP contribution is -2.53. The van der Waals surface area contributed by atoms with Gasteiger partial charge in [-0.2, -0.15) is 0 Å². The van der Waals surface area contributed by atoms with Crippen LogP contribution in [0.25, 0.3) is 0 Å². The van der Waals surface area contributed by atoms with Gasteiger partial charge in [-0.05, 0) is 32.5 Å². The SMILES string of the molecule is CN(C)C1(C(N)c2ccccc2)CCCCC1. The first-order valence-electron chi connectivity index (χ1n) is 6.65. The van der Waals surface area contributed by atoms with E-state index in [1.807, 2.05) is 0 Å². The summed E-state index contributed by atoms with van der Waals surface area (Å²) in [5.74, 6) is 0. The van der Waals surface area contributed by atoms with Crippen LogP contribution in [0, 0.1) is 0 Å². The van der Waals surface area contributed by atoms with E-state index in [0.717, 1.165) is 0 Å². The molecule has 0 radical (unpaired) electrons. The summed E-state index contributed by atoms with van der Waals surface area (Å²) in [5, 5.41) is 0. The number of nitrogens with two attached hydrogens (primary N) is 1. The minimum atomic E-state index is 0.124. The van der Waals surface area contributed by atoms with Crippen LogP contribution < -0.4 is 5.73 Å². The van der Waals surface area contributed by atoms with Crippen molar-refractivity contribution in [2.75, 3.05) is 14.1 Å². The van der Waals surface area contributed by atoms with E-state index < -0.39 is 0 Å². The Balaban J connectivity index is 2.27. The number of hydrogen-bond acceptors (Lipinski definition) is 2. The second-order valence-electron chi connectivity index (χ2n) is 5.45. The molecule has 2 rings (SSSR count). The maximum atomic E-state index is 6.56. The molecular formula is C15H24N2. The summed E-state index contributed by atoms with van der Waals surface area (Å²) >= 11 is 0. The van der Waals surface area contributed by atoms with Crippen molar-refractivity contribution in [3.05, 3.63) is 35.9 Å². The highest BCUT2D eigenvalue weighted by Crippen LogP contribution is 2.40. The molecule has 1 fully saturated rings. The summed E-state index contributed by atoms with van der Waals surface area (Å²) in [6, 6.07) is 10.7. The first kappa shape index (κ1) is 12.6. The van der Waals surface area contributed by atoms with Gasteiger partial charge in [0.2, 0.25) is 0 Å². The second-order valence-corrected chi connectivity index (χ2v) is 5.45. The summed E-state index contributed by atoms with van der Waals surface area (Å²) in [7, 11) is 4.35. The highest BCUT2D eigenvalue weighted by Gasteiger charge is 2.40. The Hall–Kier alpha value is -0.860. The Morgan fingerprint density at radius 3 is 2.18 bits per heavy atom. The van der Waals surface area contributed by atoms with Gasteiger partial charge in [0.05, 0.1) is 0 Å². The summed E-state index contributed by atoms with van der Waals surface area (Å²) in [6.45, 7) is 0. The Kier molecular flexibility index (Phi) is 3.85. The summed E-state index contributed by atoms with van der Waals surface area (Å²) in [6.07, 6.45) is 6.40. The molecule has 1 aromatic rings. The largest absolute Gasteiger partial charge is 0.322 e. The third kappa shape index (κ3) is 2.38. The lowest BCUT2D eigenvalue weighted by Gasteiger charge is -2.47. The van der Waals surface area contributed by atoms with Crippen LogP contribution in [0.3, 0.4) is 0 Å². The summed E-state index contributed by atoms with van der Waals surface area (Å²) in [4.78, 5) is 2.35. The highest BCUT2D eigenvalue weighted by molar-refractivity contribution is 5.23. The van der Waals surface area contributed by atoms with E-state index in [4.69, 9.17) is 5.73 Å². The third-order valence-electron chi connectivity index (χ3n) is 4.35. The van der Waals surface area contributed by atoms with Gasteiger partial charge in [0.15, 0.2) is 0 Å². The molecule has 94 valence electrons. The molecule has 0 heterocycles. The molecule has 0 amide bonds. The minimum Gasteiger partial charge on any atom is -0.322 e. The summed E-state index contributed by atoms with van der Waals surface area (Å²) < 4.78 is 0. The molecule has 1 aliphatic rings. The molecule has 0 saturated heterocycles. The van der Waals surface area contributed by atoms with Gasteiger partial charge >= 0.3 is 0 Å². The van der Waals surface area contributed by atoms with Crippen LogP contribution >= 0.6 is 0 Å². The number of hydrogen-bond donors (Lipinski definition) is 1. The zero-order chi connectivity index (χ0) is 12.3. The lowest BCUT2D eigenvalue weighted by atomic mass is 9.73. The van der Waals surface area contributed by atoms with Gasteiger partial charge in [0.1, 0.15) is 0 Å². The van der Waals surface area contributed by atoms with Crippen molar-refractivity contribution in [3.8, 4) is 0 Å². The van der Waals surface area contributed by atoms with Gasteiger partial charge < -0.3 is 10.6 Å². The molecule has 1 unspecified atom stereocenters. The average Bonchev–Trinajstić information content (AvgIpc) is 2.39. The van der Waals surface area contributed by atoms with Gasteiger partial charge in [-0.1, -0.05) is 49.6 Å². The molecule has 2 N–H and O–H groups in total. The van der Waals surface area contributed by atoms with Gasteiger partial charge in [-0.3, -0.25) is 0 Å². The van der Waals surface area contributed by atoms with Crippen molar-refractivity contribution in [2.24, 2.45) is 5.73 Å². The van der Waals surface area contributed by atoms with Crippen LogP contribution in [0.2, 0.25) is 0 Å². The number of benzene rings is 1. The molecule has 2 heteroatoms. The van der Waals surface area contributed by atoms with Crippen molar-refractivity contribution in [3.63, 3.8) is 0 Å². The maximum absolute atomic E-state index is 6.56. The smallest absolute Gasteiger partial charge is 0.0481 e. The van der Waals surface area contributed by atoms with Gasteiger partial charge in [0.25, 0.3) is 0 Å². The standard InChI is InChI=1S/C15H24N2/c1-17(2)15(11-7-4-8-12-15)14(16)13-9-5-3-6-10-13/h3,5-6,9-10,14H,4,7-8,11-12,16H2,1-2H3. The Morgan fingerprint density at radius 1 is 1.06 bits per heavy atom.